The Morgan fingerprint density at radius 2 is 1.07 bits per heavy atom. The van der Waals surface area contributed by atoms with E-state index in [4.69, 9.17) is 103 Å². The van der Waals surface area contributed by atoms with E-state index in [0.717, 1.165) is 54.9 Å². The number of nitrogens with zero attached hydrogens (tertiary/aromatic N) is 2. The maximum atomic E-state index is 7.29. The topological polar surface area (TPSA) is 36.1 Å². The number of para-hydroxylation sites is 2. The number of rotatable bonds is 5. The van der Waals surface area contributed by atoms with Crippen LogP contribution in [0.2, 0.25) is 0 Å². The van der Waals surface area contributed by atoms with E-state index in [1.807, 2.05) is 47.0 Å². The van der Waals surface area contributed by atoms with Crippen LogP contribution in [-0.4, -0.2) is 109 Å². The summed E-state index contributed by atoms with van der Waals surface area (Å²) in [6.45, 7) is 1.77. The van der Waals surface area contributed by atoms with Crippen LogP contribution >= 0.6 is 0 Å². The predicted octanol–water partition coefficient (Wildman–Crippen LogP) is -0.267. The van der Waals surface area contributed by atoms with Crippen LogP contribution in [0.4, 0.5) is 0 Å². The molecule has 0 N–H and O–H groups in total. The number of hydrogen-bond donors (Lipinski definition) is 0. The van der Waals surface area contributed by atoms with E-state index < -0.39 is 0 Å². The number of hydrogen-bond acceptors (Lipinski definition) is 2. The van der Waals surface area contributed by atoms with Crippen molar-refractivity contribution in [2.24, 2.45) is 0 Å². The molecule has 16 heteroatoms. The second kappa shape index (κ2) is 16.1. The molecule has 0 aliphatic heterocycles. The number of furan rings is 2. The van der Waals surface area contributed by atoms with E-state index in [-0.39, 0.29) is 65.8 Å². The molecule has 70 heavy (non-hydrogen) atoms. The molecule has 0 fully saturated rings. The molecule has 8 aromatic carbocycles. The van der Waals surface area contributed by atoms with Gasteiger partial charge in [0.1, 0.15) is 23.5 Å². The SMILES string of the molecule is [B]/C(C)=c1/c(=C(\C=[B])n2c3ccc(-c4ccc5c(c4)c4ccccc4n5-c4ccccc4)cc3c3c(-c4c([B])c([B])c5oc6c([B])c([B])c([B])c([B])c6c5c4[B])cccc32)oc2c([B])c([B])c([B])cc12. The quantitative estimate of drug-likeness (QED) is 0.224. The molecule has 0 aliphatic rings. The average Bonchev–Trinajstić information content (AvgIpc) is 4.13. The van der Waals surface area contributed by atoms with E-state index in [0.29, 0.717) is 60.2 Å². The Labute approximate surface area is 418 Å². The van der Waals surface area contributed by atoms with Gasteiger partial charge in [0.2, 0.25) is 0 Å². The van der Waals surface area contributed by atoms with E-state index in [1.54, 1.807) is 13.0 Å². The molecule has 0 aliphatic carbocycles. The first kappa shape index (κ1) is 44.3. The van der Waals surface area contributed by atoms with E-state index in [1.165, 1.54) is 5.97 Å². The third-order valence-electron chi connectivity index (χ3n) is 13.8. The van der Waals surface area contributed by atoms with Crippen LogP contribution in [-0.2, 0) is 0 Å². The van der Waals surface area contributed by atoms with Crippen LogP contribution in [0.1, 0.15) is 6.92 Å². The molecular formula is C54H23B12N2O2. The average molecular weight is 862 g/mol. The molecule has 12 aromatic rings. The van der Waals surface area contributed by atoms with Crippen molar-refractivity contribution in [2.45, 2.75) is 6.92 Å². The van der Waals surface area contributed by atoms with Crippen LogP contribution < -0.4 is 65.3 Å². The summed E-state index contributed by atoms with van der Waals surface area (Å²) in [6.07, 6.45) is 0. The molecule has 12 rings (SSSR count). The van der Waals surface area contributed by atoms with Gasteiger partial charge in [-0.2, -0.15) is 0 Å². The fourth-order valence-corrected chi connectivity index (χ4v) is 10.5. The van der Waals surface area contributed by atoms with Crippen molar-refractivity contribution in [3.05, 3.63) is 126 Å². The first-order valence-electron chi connectivity index (χ1n) is 22.2. The Balaban J connectivity index is 1.21. The summed E-state index contributed by atoms with van der Waals surface area (Å²) in [5.74, 6) is 1.47. The van der Waals surface area contributed by atoms with Gasteiger partial charge in [-0.15, -0.1) is 5.46 Å². The van der Waals surface area contributed by atoms with Gasteiger partial charge in [0.15, 0.2) is 0 Å². The van der Waals surface area contributed by atoms with Crippen molar-refractivity contribution < 1.29 is 8.83 Å². The number of benzene rings is 8. The van der Waals surface area contributed by atoms with Crippen molar-refractivity contribution in [1.29, 1.82) is 0 Å². The molecule has 0 atom stereocenters. The Morgan fingerprint density at radius 1 is 0.471 bits per heavy atom. The molecule has 0 saturated carbocycles. The molecule has 23 radical (unpaired) electrons. The zero-order chi connectivity index (χ0) is 48.8. The van der Waals surface area contributed by atoms with E-state index in [9.17, 15) is 0 Å². The normalized spacial score (nSPS) is 12.9. The molecule has 0 unspecified atom stereocenters. The molecule has 0 amide bonds. The molecule has 0 saturated heterocycles. The van der Waals surface area contributed by atoms with Gasteiger partial charge in [-0.05, 0) is 18.2 Å². The molecule has 4 nitrogen and oxygen atoms in total. The summed E-state index contributed by atoms with van der Waals surface area (Å²) in [6, 6.07) is 39.1. The Bertz CT molecular complexity index is 4470. The van der Waals surface area contributed by atoms with Crippen LogP contribution in [0.3, 0.4) is 0 Å². The van der Waals surface area contributed by atoms with Gasteiger partial charge in [-0.1, -0.05) is 30.3 Å². The fraction of sp³-hybridized carbons (Fsp3) is 0.0185. The zero-order valence-corrected chi connectivity index (χ0v) is 37.7. The molecule has 297 valence electrons. The van der Waals surface area contributed by atoms with Gasteiger partial charge in [0, 0.05) is 5.69 Å². The van der Waals surface area contributed by atoms with E-state index >= 15 is 0 Å². The number of aromatic nitrogens is 2. The third kappa shape index (κ3) is 6.10. The number of fused-ring (bicyclic) bond motifs is 10. The first-order valence-corrected chi connectivity index (χ1v) is 22.2. The summed E-state index contributed by atoms with van der Waals surface area (Å²) in [5.41, 5.74) is 11.1. The summed E-state index contributed by atoms with van der Waals surface area (Å²) in [7, 11) is 79.7. The maximum absolute atomic E-state index is 7.29. The first-order chi connectivity index (χ1) is 33.7. The molecular weight excluding hydrogens is 838 g/mol. The fourth-order valence-electron chi connectivity index (χ4n) is 10.5. The van der Waals surface area contributed by atoms with Crippen molar-refractivity contribution in [3.63, 3.8) is 0 Å². The second-order valence-electron chi connectivity index (χ2n) is 17.7. The van der Waals surface area contributed by atoms with Gasteiger partial charge in [-0.3, -0.25) is 0 Å². The molecule has 4 aromatic heterocycles. The van der Waals surface area contributed by atoms with Gasteiger partial charge >= 0.3 is 338 Å². The van der Waals surface area contributed by atoms with Crippen LogP contribution in [0, 0.1) is 0 Å². The van der Waals surface area contributed by atoms with Gasteiger partial charge < -0.3 is 0 Å². The standard InChI is InChI=1S/C54H23B12N2O2/c1-22(56)37-30-20-31(57)42(58)48(64)51(30)69-52(37)36(21-55)68-34-17-15-24(23-14-16-33-28(18-23)26-10-5-6-12-32(26)67(33)25-8-3-2-4-9-25)19-29(34)38-27(11-7-13-35(38)68)39-43(59)40-41-45(61)46(62)47(63)50(66)54(41)70-53(40)49(65)44(39)60/h2-21H,1H3/b37-22+,52-36-. The van der Waals surface area contributed by atoms with Gasteiger partial charge in [-0.25, -0.2) is 0 Å². The van der Waals surface area contributed by atoms with E-state index in [2.05, 4.69) is 71.3 Å². The van der Waals surface area contributed by atoms with Gasteiger partial charge in [0.25, 0.3) is 0 Å². The van der Waals surface area contributed by atoms with Crippen LogP contribution in [0.5, 0.6) is 0 Å². The van der Waals surface area contributed by atoms with Gasteiger partial charge in [0.05, 0.1) is 0 Å². The monoisotopic (exact) mass is 863 g/mol. The Morgan fingerprint density at radius 3 is 1.79 bits per heavy atom. The summed E-state index contributed by atoms with van der Waals surface area (Å²) in [4.78, 5) is 0. The minimum atomic E-state index is 0.0808. The summed E-state index contributed by atoms with van der Waals surface area (Å²) >= 11 is 0. The van der Waals surface area contributed by atoms with Crippen LogP contribution in [0.15, 0.2) is 124 Å². The molecule has 0 bridgehead atoms. The van der Waals surface area contributed by atoms with Crippen molar-refractivity contribution in [1.82, 2.24) is 9.13 Å². The molecule has 4 heterocycles. The minimum absolute atomic E-state index is 0.0808. The summed E-state index contributed by atoms with van der Waals surface area (Å²) in [5, 5.41) is 5.65. The molecule has 0 spiro atoms. The predicted molar refractivity (Wildman–Crippen MR) is 307 cm³/mol. The van der Waals surface area contributed by atoms with Crippen molar-refractivity contribution in [3.8, 4) is 27.9 Å². The van der Waals surface area contributed by atoms with Crippen molar-refractivity contribution in [2.75, 3.05) is 0 Å². The Hall–Kier alpha value is -6.91. The van der Waals surface area contributed by atoms with Crippen molar-refractivity contribution >= 4 is 242 Å². The zero-order valence-electron chi connectivity index (χ0n) is 37.7. The summed E-state index contributed by atoms with van der Waals surface area (Å²) < 4.78 is 17.2. The second-order valence-corrected chi connectivity index (χ2v) is 17.7. The van der Waals surface area contributed by atoms with Crippen LogP contribution in [0.25, 0.3) is 116 Å². The Kier molecular flexibility index (Phi) is 10.2. The third-order valence-corrected chi connectivity index (χ3v) is 13.8.